The molecule has 4 rings (SSSR count). The molecule has 1 aliphatic rings. The van der Waals surface area contributed by atoms with Gasteiger partial charge in [0.05, 0.1) is 26.1 Å². The van der Waals surface area contributed by atoms with Crippen LogP contribution in [0.4, 0.5) is 13.2 Å². The van der Waals surface area contributed by atoms with Crippen molar-refractivity contribution in [3.8, 4) is 17.2 Å². The topological polar surface area (TPSA) is 91.5 Å². The Labute approximate surface area is 240 Å². The molecule has 1 amide bonds. The molecular formula is C29H30F3N5O3S. The second kappa shape index (κ2) is 12.7. The number of halogens is 3. The van der Waals surface area contributed by atoms with Gasteiger partial charge < -0.3 is 14.5 Å². The van der Waals surface area contributed by atoms with Gasteiger partial charge in [0.2, 0.25) is 5.91 Å². The van der Waals surface area contributed by atoms with Gasteiger partial charge in [-0.05, 0) is 43.8 Å². The van der Waals surface area contributed by atoms with Crippen molar-refractivity contribution >= 4 is 23.2 Å². The van der Waals surface area contributed by atoms with Gasteiger partial charge >= 0.3 is 12.1 Å². The van der Waals surface area contributed by atoms with Gasteiger partial charge in [0.1, 0.15) is 10.9 Å². The smallest absolute Gasteiger partial charge is 0.435 e. The molecule has 0 radical (unpaired) electrons. The Morgan fingerprint density at radius 2 is 2.00 bits per heavy atom. The highest BCUT2D eigenvalue weighted by Gasteiger charge is 2.39. The Morgan fingerprint density at radius 1 is 1.24 bits per heavy atom. The third kappa shape index (κ3) is 7.04. The lowest BCUT2D eigenvalue weighted by Crippen LogP contribution is -2.37. The Kier molecular flexibility index (Phi) is 9.30. The van der Waals surface area contributed by atoms with E-state index in [2.05, 4.69) is 11.2 Å². The largest absolute Gasteiger partial charge is 0.466 e. The molecule has 8 nitrogen and oxygen atoms in total. The van der Waals surface area contributed by atoms with E-state index in [4.69, 9.17) is 4.74 Å². The number of hydrogen-bond acceptors (Lipinski definition) is 7. The molecule has 0 spiro atoms. The molecular weight excluding hydrogens is 555 g/mol. The van der Waals surface area contributed by atoms with Crippen molar-refractivity contribution in [2.24, 2.45) is 0 Å². The fourth-order valence-electron chi connectivity index (χ4n) is 4.80. The van der Waals surface area contributed by atoms with E-state index >= 15 is 0 Å². The highest BCUT2D eigenvalue weighted by Crippen LogP contribution is 2.44. The SMILES string of the molecule is CCOC(=O)CCn1cc(-c2ccccc2[C@@H]2CN(C(=O)/C=C/CN(C)C)Cc3sc(C#N)cc32)c(C(F)(F)F)n1. The van der Waals surface area contributed by atoms with Gasteiger partial charge in [-0.2, -0.15) is 23.5 Å². The van der Waals surface area contributed by atoms with E-state index in [0.29, 0.717) is 29.1 Å². The van der Waals surface area contributed by atoms with E-state index in [1.165, 1.54) is 23.6 Å². The van der Waals surface area contributed by atoms with E-state index in [0.717, 1.165) is 15.1 Å². The summed E-state index contributed by atoms with van der Waals surface area (Å²) in [4.78, 5) is 29.8. The lowest BCUT2D eigenvalue weighted by Gasteiger charge is -2.33. The number of carbonyl (C=O) groups excluding carboxylic acids is 2. The number of rotatable bonds is 9. The summed E-state index contributed by atoms with van der Waals surface area (Å²) >= 11 is 1.28. The van der Waals surface area contributed by atoms with Crippen LogP contribution in [0, 0.1) is 11.3 Å². The zero-order valence-corrected chi connectivity index (χ0v) is 23.8. The van der Waals surface area contributed by atoms with E-state index in [1.54, 1.807) is 48.2 Å². The first-order chi connectivity index (χ1) is 19.5. The van der Waals surface area contributed by atoms with Crippen molar-refractivity contribution in [1.82, 2.24) is 19.6 Å². The molecule has 1 aromatic carbocycles. The van der Waals surface area contributed by atoms with Gasteiger partial charge in [0, 0.05) is 41.7 Å². The molecule has 0 unspecified atom stereocenters. The van der Waals surface area contributed by atoms with Gasteiger partial charge in [-0.1, -0.05) is 30.3 Å². The fourth-order valence-corrected chi connectivity index (χ4v) is 5.84. The van der Waals surface area contributed by atoms with Crippen LogP contribution < -0.4 is 0 Å². The van der Waals surface area contributed by atoms with Crippen molar-refractivity contribution in [3.05, 3.63) is 75.3 Å². The van der Waals surface area contributed by atoms with Crippen molar-refractivity contribution in [3.63, 3.8) is 0 Å². The molecule has 1 aliphatic heterocycles. The number of thiophene rings is 1. The molecule has 0 saturated heterocycles. The van der Waals surface area contributed by atoms with Crippen LogP contribution in [0.5, 0.6) is 0 Å². The minimum Gasteiger partial charge on any atom is -0.466 e. The third-order valence-corrected chi connectivity index (χ3v) is 7.65. The van der Waals surface area contributed by atoms with Crippen molar-refractivity contribution < 1.29 is 27.5 Å². The quantitative estimate of drug-likeness (QED) is 0.258. The minimum atomic E-state index is -4.75. The third-order valence-electron chi connectivity index (χ3n) is 6.61. The van der Waals surface area contributed by atoms with E-state index in [1.807, 2.05) is 19.0 Å². The Bertz CT molecular complexity index is 1490. The predicted molar refractivity (Wildman–Crippen MR) is 148 cm³/mol. The molecule has 12 heteroatoms. The average molecular weight is 586 g/mol. The fraction of sp³-hybridized carbons (Fsp3) is 0.379. The first kappa shape index (κ1) is 30.0. The molecule has 3 heterocycles. The number of nitriles is 1. The van der Waals surface area contributed by atoms with Crippen LogP contribution in [-0.4, -0.2) is 65.2 Å². The molecule has 1 atom stereocenters. The van der Waals surface area contributed by atoms with Gasteiger partial charge in [-0.3, -0.25) is 14.3 Å². The average Bonchev–Trinajstić information content (AvgIpc) is 3.56. The standard InChI is InChI=1S/C29H30F3N5O3S/c1-4-40-27(39)11-13-37-17-24(28(34-37)29(30,31)32)21-9-6-5-8-20(21)23-16-36(26(38)10-7-12-35(2)3)18-25-22(23)14-19(15-33)41-25/h5-10,14,17,23H,4,11-13,16,18H2,1-3H3/b10-7+/t23-/m0/s1. The number of ether oxygens (including phenoxy) is 1. The summed E-state index contributed by atoms with van der Waals surface area (Å²) in [5.41, 5.74) is 0.543. The minimum absolute atomic E-state index is 0.0741. The highest BCUT2D eigenvalue weighted by atomic mass is 32.1. The van der Waals surface area contributed by atoms with Gasteiger partial charge in [-0.25, -0.2) is 0 Å². The molecule has 3 aromatic rings. The van der Waals surface area contributed by atoms with Crippen molar-refractivity contribution in [2.75, 3.05) is 33.8 Å². The number of esters is 1. The normalized spacial score (nSPS) is 15.3. The maximum Gasteiger partial charge on any atom is 0.435 e. The number of nitrogens with zero attached hydrogens (tertiary/aromatic N) is 5. The van der Waals surface area contributed by atoms with Crippen LogP contribution in [0.25, 0.3) is 11.1 Å². The van der Waals surface area contributed by atoms with Gasteiger partial charge in [0.25, 0.3) is 0 Å². The van der Waals surface area contributed by atoms with Gasteiger partial charge in [-0.15, -0.1) is 11.3 Å². The summed E-state index contributed by atoms with van der Waals surface area (Å²) < 4.78 is 48.6. The number of benzene rings is 1. The number of aromatic nitrogens is 2. The molecule has 216 valence electrons. The summed E-state index contributed by atoms with van der Waals surface area (Å²) in [6.45, 7) is 2.88. The summed E-state index contributed by atoms with van der Waals surface area (Å²) in [6.07, 6.45) is -0.306. The lowest BCUT2D eigenvalue weighted by atomic mass is 9.83. The van der Waals surface area contributed by atoms with E-state index < -0.39 is 23.8 Å². The second-order valence-electron chi connectivity index (χ2n) is 9.83. The van der Waals surface area contributed by atoms with Crippen LogP contribution in [0.2, 0.25) is 0 Å². The zero-order valence-electron chi connectivity index (χ0n) is 22.9. The van der Waals surface area contributed by atoms with Gasteiger partial charge in [0.15, 0.2) is 5.69 Å². The Hall–Kier alpha value is -3.95. The maximum absolute atomic E-state index is 14.2. The monoisotopic (exact) mass is 585 g/mol. The number of fused-ring (bicyclic) bond motifs is 1. The second-order valence-corrected chi connectivity index (χ2v) is 11.0. The molecule has 0 fully saturated rings. The summed E-state index contributed by atoms with van der Waals surface area (Å²) in [6, 6.07) is 10.7. The van der Waals surface area contributed by atoms with Crippen LogP contribution in [-0.2, 0) is 33.6 Å². The number of hydrogen-bond donors (Lipinski definition) is 0. The Morgan fingerprint density at radius 3 is 2.68 bits per heavy atom. The summed E-state index contributed by atoms with van der Waals surface area (Å²) in [5, 5.41) is 13.4. The van der Waals surface area contributed by atoms with Crippen LogP contribution >= 0.6 is 11.3 Å². The number of amides is 1. The molecule has 41 heavy (non-hydrogen) atoms. The summed E-state index contributed by atoms with van der Waals surface area (Å²) in [5.74, 6) is -1.21. The first-order valence-corrected chi connectivity index (χ1v) is 13.9. The highest BCUT2D eigenvalue weighted by molar-refractivity contribution is 7.12. The molecule has 0 bridgehead atoms. The maximum atomic E-state index is 14.2. The van der Waals surface area contributed by atoms with E-state index in [-0.39, 0.29) is 37.6 Å². The number of aryl methyl sites for hydroxylation is 1. The molecule has 0 N–H and O–H groups in total. The van der Waals surface area contributed by atoms with E-state index in [9.17, 15) is 28.0 Å². The number of likely N-dealkylation sites (N-methyl/N-ethyl adjacent to an activating group) is 1. The predicted octanol–water partition coefficient (Wildman–Crippen LogP) is 5.05. The summed E-state index contributed by atoms with van der Waals surface area (Å²) in [7, 11) is 3.77. The number of alkyl halides is 3. The lowest BCUT2D eigenvalue weighted by molar-refractivity contribution is -0.143. The Balaban J connectivity index is 1.76. The zero-order chi connectivity index (χ0) is 29.7. The first-order valence-electron chi connectivity index (χ1n) is 13.0. The molecule has 0 aliphatic carbocycles. The number of carbonyl (C=O) groups is 2. The van der Waals surface area contributed by atoms with Crippen LogP contribution in [0.1, 0.15) is 45.8 Å². The van der Waals surface area contributed by atoms with Crippen molar-refractivity contribution in [1.29, 1.82) is 5.26 Å². The van der Waals surface area contributed by atoms with Crippen LogP contribution in [0.3, 0.4) is 0 Å². The molecule has 2 aromatic heterocycles. The van der Waals surface area contributed by atoms with Crippen molar-refractivity contribution in [2.45, 2.75) is 38.5 Å². The molecule has 0 saturated carbocycles. The van der Waals surface area contributed by atoms with Crippen LogP contribution in [0.15, 0.2) is 48.7 Å².